The first-order chi connectivity index (χ1) is 15.2. The summed E-state index contributed by atoms with van der Waals surface area (Å²) < 4.78 is 7.67. The van der Waals surface area contributed by atoms with E-state index in [0.717, 1.165) is 22.6 Å². The van der Waals surface area contributed by atoms with Crippen LogP contribution in [-0.2, 0) is 6.61 Å². The number of hydrazone groups is 1. The fourth-order valence-electron chi connectivity index (χ4n) is 3.01. The van der Waals surface area contributed by atoms with E-state index in [9.17, 15) is 4.79 Å². The summed E-state index contributed by atoms with van der Waals surface area (Å²) in [5, 5.41) is 4.79. The second kappa shape index (κ2) is 9.78. The molecule has 0 saturated heterocycles. The van der Waals surface area contributed by atoms with Crippen molar-refractivity contribution in [2.24, 2.45) is 5.10 Å². The van der Waals surface area contributed by atoms with Gasteiger partial charge in [0.15, 0.2) is 0 Å². The number of carbonyl (C=O) groups is 1. The molecule has 0 atom stereocenters. The number of aromatic nitrogens is 1. The summed E-state index contributed by atoms with van der Waals surface area (Å²) in [6.07, 6.45) is 5.39. The lowest BCUT2D eigenvalue weighted by Crippen LogP contribution is -2.19. The Hall–Kier alpha value is -3.83. The number of halogens is 1. The zero-order valence-electron chi connectivity index (χ0n) is 16.6. The second-order valence-corrected chi connectivity index (χ2v) is 7.23. The molecule has 0 radical (unpaired) electrons. The lowest BCUT2D eigenvalue weighted by molar-refractivity contribution is 0.0955. The molecule has 0 aliphatic heterocycles. The van der Waals surface area contributed by atoms with Gasteiger partial charge in [-0.3, -0.25) is 4.79 Å². The highest BCUT2D eigenvalue weighted by Gasteiger charge is 2.10. The van der Waals surface area contributed by atoms with E-state index < -0.39 is 0 Å². The Labute approximate surface area is 185 Å². The van der Waals surface area contributed by atoms with Gasteiger partial charge in [0.05, 0.1) is 17.5 Å². The number of ether oxygens (including phenoxy) is 1. The number of carbonyl (C=O) groups excluding carboxylic acids is 1. The van der Waals surface area contributed by atoms with Crippen molar-refractivity contribution in [1.82, 2.24) is 9.99 Å². The van der Waals surface area contributed by atoms with Crippen molar-refractivity contribution in [2.75, 3.05) is 0 Å². The molecule has 0 aliphatic carbocycles. The molecule has 0 aliphatic rings. The largest absolute Gasteiger partial charge is 0.489 e. The molecular weight excluding hydrogens is 410 g/mol. The zero-order valence-corrected chi connectivity index (χ0v) is 17.4. The minimum atomic E-state index is -0.275. The Morgan fingerprint density at radius 1 is 0.935 bits per heavy atom. The van der Waals surface area contributed by atoms with Crippen LogP contribution in [0, 0.1) is 0 Å². The maximum Gasteiger partial charge on any atom is 0.273 e. The van der Waals surface area contributed by atoms with Crippen LogP contribution < -0.4 is 10.2 Å². The highest BCUT2D eigenvalue weighted by molar-refractivity contribution is 6.30. The van der Waals surface area contributed by atoms with Gasteiger partial charge in [-0.15, -0.1) is 0 Å². The Kier molecular flexibility index (Phi) is 6.45. The number of rotatable bonds is 7. The minimum Gasteiger partial charge on any atom is -0.489 e. The fraction of sp³-hybridized carbons (Fsp3) is 0.0400. The summed E-state index contributed by atoms with van der Waals surface area (Å²) in [5.74, 6) is 0.472. The van der Waals surface area contributed by atoms with Crippen molar-refractivity contribution in [1.29, 1.82) is 0 Å². The van der Waals surface area contributed by atoms with Gasteiger partial charge in [0.1, 0.15) is 12.4 Å². The molecule has 0 fully saturated rings. The summed E-state index contributed by atoms with van der Waals surface area (Å²) in [6, 6.07) is 26.2. The van der Waals surface area contributed by atoms with Gasteiger partial charge in [-0.1, -0.05) is 35.9 Å². The van der Waals surface area contributed by atoms with E-state index in [1.807, 2.05) is 95.8 Å². The first kappa shape index (κ1) is 20.4. The van der Waals surface area contributed by atoms with Crippen LogP contribution in [0.25, 0.3) is 5.69 Å². The fourth-order valence-corrected chi connectivity index (χ4v) is 3.13. The first-order valence-corrected chi connectivity index (χ1v) is 10.1. The van der Waals surface area contributed by atoms with Crippen LogP contribution in [0.4, 0.5) is 0 Å². The molecule has 4 aromatic rings. The average molecular weight is 430 g/mol. The molecule has 1 heterocycles. The third kappa shape index (κ3) is 5.41. The van der Waals surface area contributed by atoms with E-state index in [0.29, 0.717) is 17.2 Å². The number of hydrogen-bond acceptors (Lipinski definition) is 3. The van der Waals surface area contributed by atoms with E-state index >= 15 is 0 Å². The third-order valence-electron chi connectivity index (χ3n) is 4.61. The van der Waals surface area contributed by atoms with Gasteiger partial charge in [-0.25, -0.2) is 5.43 Å². The maximum atomic E-state index is 12.6. The van der Waals surface area contributed by atoms with Crippen LogP contribution in [-0.4, -0.2) is 16.7 Å². The molecule has 0 unspecified atom stereocenters. The number of amides is 1. The summed E-state index contributed by atoms with van der Waals surface area (Å²) in [4.78, 5) is 12.6. The smallest absolute Gasteiger partial charge is 0.273 e. The molecule has 0 spiro atoms. The van der Waals surface area contributed by atoms with Gasteiger partial charge in [-0.05, 0) is 71.8 Å². The predicted octanol–water partition coefficient (Wildman–Crippen LogP) is 5.47. The number of para-hydroxylation sites is 1. The van der Waals surface area contributed by atoms with Gasteiger partial charge in [0.25, 0.3) is 5.91 Å². The van der Waals surface area contributed by atoms with Crippen molar-refractivity contribution in [3.05, 3.63) is 119 Å². The highest BCUT2D eigenvalue weighted by atomic mass is 35.5. The molecule has 0 saturated carbocycles. The highest BCUT2D eigenvalue weighted by Crippen LogP contribution is 2.16. The van der Waals surface area contributed by atoms with Crippen LogP contribution in [0.1, 0.15) is 21.5 Å². The standard InChI is InChI=1S/C25H20ClN3O2/c26-21-11-7-20(8-12-21)18-31-22-13-9-19(10-14-22)17-27-28-25(30)23-5-1-2-6-24(23)29-15-3-4-16-29/h1-17H,18H2,(H,28,30)/b27-17-. The molecule has 3 aromatic carbocycles. The van der Waals surface area contributed by atoms with Crippen LogP contribution in [0.5, 0.6) is 5.75 Å². The van der Waals surface area contributed by atoms with Gasteiger partial charge in [-0.2, -0.15) is 5.10 Å². The zero-order chi connectivity index (χ0) is 21.5. The Balaban J connectivity index is 1.34. The Morgan fingerprint density at radius 3 is 2.39 bits per heavy atom. The third-order valence-corrected chi connectivity index (χ3v) is 4.86. The molecule has 6 heteroatoms. The molecule has 154 valence electrons. The van der Waals surface area contributed by atoms with Crippen molar-refractivity contribution in [3.8, 4) is 11.4 Å². The molecule has 1 N–H and O–H groups in total. The number of nitrogens with zero attached hydrogens (tertiary/aromatic N) is 2. The van der Waals surface area contributed by atoms with E-state index in [1.165, 1.54) is 0 Å². The maximum absolute atomic E-state index is 12.6. The van der Waals surface area contributed by atoms with Crippen molar-refractivity contribution in [2.45, 2.75) is 6.61 Å². The predicted molar refractivity (Wildman–Crippen MR) is 123 cm³/mol. The number of nitrogens with one attached hydrogen (secondary N) is 1. The average Bonchev–Trinajstić information content (AvgIpc) is 3.34. The van der Waals surface area contributed by atoms with Crippen molar-refractivity contribution >= 4 is 23.7 Å². The summed E-state index contributed by atoms with van der Waals surface area (Å²) >= 11 is 5.89. The van der Waals surface area contributed by atoms with Crippen molar-refractivity contribution in [3.63, 3.8) is 0 Å². The lowest BCUT2D eigenvalue weighted by atomic mass is 10.1. The molecular formula is C25H20ClN3O2. The normalized spacial score (nSPS) is 10.9. The minimum absolute atomic E-state index is 0.275. The van der Waals surface area contributed by atoms with Gasteiger partial charge in [0, 0.05) is 17.4 Å². The molecule has 4 rings (SSSR count). The van der Waals surface area contributed by atoms with Crippen LogP contribution in [0.3, 0.4) is 0 Å². The van der Waals surface area contributed by atoms with Crippen LogP contribution >= 0.6 is 11.6 Å². The van der Waals surface area contributed by atoms with Gasteiger partial charge in [0.2, 0.25) is 0 Å². The molecule has 5 nitrogen and oxygen atoms in total. The number of hydrogen-bond donors (Lipinski definition) is 1. The lowest BCUT2D eigenvalue weighted by Gasteiger charge is -2.09. The van der Waals surface area contributed by atoms with E-state index in [-0.39, 0.29) is 5.91 Å². The quantitative estimate of drug-likeness (QED) is 0.312. The van der Waals surface area contributed by atoms with Crippen LogP contribution in [0.2, 0.25) is 5.02 Å². The number of benzene rings is 3. The van der Waals surface area contributed by atoms with E-state index in [1.54, 1.807) is 12.3 Å². The Bertz CT molecular complexity index is 1170. The molecule has 1 amide bonds. The molecule has 0 bridgehead atoms. The summed E-state index contributed by atoms with van der Waals surface area (Å²) in [5.41, 5.74) is 5.81. The van der Waals surface area contributed by atoms with Gasteiger partial charge < -0.3 is 9.30 Å². The van der Waals surface area contributed by atoms with Crippen LogP contribution in [0.15, 0.2) is 102 Å². The topological polar surface area (TPSA) is 55.6 Å². The van der Waals surface area contributed by atoms with E-state index in [4.69, 9.17) is 16.3 Å². The Morgan fingerprint density at radius 2 is 1.65 bits per heavy atom. The first-order valence-electron chi connectivity index (χ1n) is 9.72. The SMILES string of the molecule is O=C(N/N=C\c1ccc(OCc2ccc(Cl)cc2)cc1)c1ccccc1-n1cccc1. The summed E-state index contributed by atoms with van der Waals surface area (Å²) in [7, 11) is 0. The molecule has 1 aromatic heterocycles. The monoisotopic (exact) mass is 429 g/mol. The van der Waals surface area contributed by atoms with E-state index in [2.05, 4.69) is 10.5 Å². The summed E-state index contributed by atoms with van der Waals surface area (Å²) in [6.45, 7) is 0.460. The second-order valence-electron chi connectivity index (χ2n) is 6.79. The van der Waals surface area contributed by atoms with Crippen molar-refractivity contribution < 1.29 is 9.53 Å². The van der Waals surface area contributed by atoms with Gasteiger partial charge >= 0.3 is 0 Å². The molecule has 31 heavy (non-hydrogen) atoms.